The monoisotopic (exact) mass is 774 g/mol. The van der Waals surface area contributed by atoms with Crippen LogP contribution in [0.5, 0.6) is 0 Å². The van der Waals surface area contributed by atoms with Gasteiger partial charge in [0.1, 0.15) is 12.4 Å². The topological polar surface area (TPSA) is 60.8 Å². The van der Waals surface area contributed by atoms with Gasteiger partial charge in [-0.15, -0.1) is 0 Å². The minimum absolute atomic E-state index is 0.481. The second-order valence-corrected chi connectivity index (χ2v) is 15.2. The fourth-order valence-electron chi connectivity index (χ4n) is 9.01. The fourth-order valence-corrected chi connectivity index (χ4v) is 9.01. The molecule has 5 heteroatoms. The lowest BCUT2D eigenvalue weighted by Crippen LogP contribution is -2.29. The Hall–Kier alpha value is -7.50. The van der Waals surface area contributed by atoms with Gasteiger partial charge in [0.2, 0.25) is 0 Å². The number of hydrogen-bond donors (Lipinski definition) is 0. The minimum Gasteiger partial charge on any atom is -0.490 e. The van der Waals surface area contributed by atoms with Gasteiger partial charge in [0.05, 0.1) is 10.9 Å². The maximum atomic E-state index is 6.50. The molecule has 0 N–H and O–H groups in total. The number of allylic oxidation sites excluding steroid dienone is 6. The van der Waals surface area contributed by atoms with Crippen molar-refractivity contribution in [2.24, 2.45) is 0 Å². The van der Waals surface area contributed by atoms with E-state index in [-0.39, 0.29) is 0 Å². The molecular weight excluding hydrogens is 733 g/mol. The molecule has 6 aromatic carbocycles. The van der Waals surface area contributed by atoms with Crippen molar-refractivity contribution in [1.82, 2.24) is 19.9 Å². The number of pyridine rings is 1. The number of benzene rings is 6. The molecule has 8 aromatic rings. The minimum atomic E-state index is -0.481. The van der Waals surface area contributed by atoms with E-state index < -0.39 is 5.41 Å². The zero-order valence-electron chi connectivity index (χ0n) is 33.6. The second kappa shape index (κ2) is 15.7. The van der Waals surface area contributed by atoms with Gasteiger partial charge in [0.15, 0.2) is 17.5 Å². The van der Waals surface area contributed by atoms with Crippen LogP contribution in [0.15, 0.2) is 206 Å². The molecule has 60 heavy (non-hydrogen) atoms. The Bertz CT molecular complexity index is 2970. The van der Waals surface area contributed by atoms with Crippen molar-refractivity contribution in [2.45, 2.75) is 25.7 Å². The van der Waals surface area contributed by atoms with Crippen LogP contribution in [-0.2, 0) is 10.2 Å². The van der Waals surface area contributed by atoms with Crippen LogP contribution in [0.1, 0.15) is 31.4 Å². The van der Waals surface area contributed by atoms with Crippen LogP contribution < -0.4 is 0 Å². The average Bonchev–Trinajstić information content (AvgIpc) is 3.59. The number of ether oxygens (including phenoxy) is 1. The highest BCUT2D eigenvalue weighted by Crippen LogP contribution is 2.58. The summed E-state index contributed by atoms with van der Waals surface area (Å²) in [6.45, 7) is 4.70. The molecule has 0 saturated carbocycles. The summed E-state index contributed by atoms with van der Waals surface area (Å²) < 4.78 is 6.50. The van der Waals surface area contributed by atoms with Gasteiger partial charge in [-0.25, -0.2) is 15.0 Å². The van der Waals surface area contributed by atoms with Crippen molar-refractivity contribution in [2.75, 3.05) is 6.61 Å². The van der Waals surface area contributed by atoms with E-state index in [2.05, 4.69) is 135 Å². The first-order valence-corrected chi connectivity index (χ1v) is 20.5. The third-order valence-corrected chi connectivity index (χ3v) is 11.8. The Morgan fingerprint density at radius 1 is 0.500 bits per heavy atom. The Labute approximate surface area is 350 Å². The van der Waals surface area contributed by atoms with Crippen LogP contribution in [0, 0.1) is 0 Å². The molecule has 1 atom stereocenters. The lowest BCUT2D eigenvalue weighted by molar-refractivity contribution is 0.247. The van der Waals surface area contributed by atoms with Gasteiger partial charge in [0.25, 0.3) is 0 Å². The zero-order chi connectivity index (χ0) is 40.5. The Morgan fingerprint density at radius 2 is 1.08 bits per heavy atom. The van der Waals surface area contributed by atoms with Crippen molar-refractivity contribution in [3.8, 4) is 67.5 Å². The van der Waals surface area contributed by atoms with Crippen molar-refractivity contribution >= 4 is 10.9 Å². The summed E-state index contributed by atoms with van der Waals surface area (Å²) in [7, 11) is 0. The highest BCUT2D eigenvalue weighted by molar-refractivity contribution is 5.96. The van der Waals surface area contributed by atoms with E-state index >= 15 is 0 Å². The van der Waals surface area contributed by atoms with Gasteiger partial charge in [-0.1, -0.05) is 152 Å². The molecule has 0 bridgehead atoms. The number of fused-ring (bicyclic) bond motifs is 6. The summed E-state index contributed by atoms with van der Waals surface area (Å²) in [6.07, 6.45) is 15.6. The molecule has 1 aliphatic carbocycles. The molecule has 288 valence electrons. The Balaban J connectivity index is 1.16. The molecule has 1 spiro atoms. The van der Waals surface area contributed by atoms with E-state index in [0.717, 1.165) is 67.6 Å². The number of para-hydroxylation sites is 1. The Kier molecular flexibility index (Phi) is 9.63. The van der Waals surface area contributed by atoms with E-state index in [4.69, 9.17) is 24.7 Å². The summed E-state index contributed by atoms with van der Waals surface area (Å²) in [5, 5.41) is 1.12. The first kappa shape index (κ1) is 36.8. The van der Waals surface area contributed by atoms with Crippen LogP contribution in [0.3, 0.4) is 0 Å². The quantitative estimate of drug-likeness (QED) is 0.174. The summed E-state index contributed by atoms with van der Waals surface area (Å²) in [5.41, 5.74) is 13.9. The molecule has 5 nitrogen and oxygen atoms in total. The largest absolute Gasteiger partial charge is 0.490 e. The predicted molar refractivity (Wildman–Crippen MR) is 245 cm³/mol. The van der Waals surface area contributed by atoms with Gasteiger partial charge in [-0.05, 0) is 95.6 Å². The highest BCUT2D eigenvalue weighted by Gasteiger charge is 2.46. The van der Waals surface area contributed by atoms with E-state index in [1.165, 1.54) is 22.3 Å². The highest BCUT2D eigenvalue weighted by atomic mass is 16.5. The summed E-state index contributed by atoms with van der Waals surface area (Å²) in [5.74, 6) is 2.81. The number of aromatic nitrogens is 4. The first-order chi connectivity index (χ1) is 29.6. The third kappa shape index (κ3) is 6.45. The molecule has 3 heterocycles. The number of rotatable bonds is 5. The smallest absolute Gasteiger partial charge is 0.164 e. The van der Waals surface area contributed by atoms with E-state index in [1.54, 1.807) is 0 Å². The molecular formula is C55H42N4O. The lowest BCUT2D eigenvalue weighted by atomic mass is 9.68. The molecule has 1 aliphatic heterocycles. The zero-order valence-corrected chi connectivity index (χ0v) is 33.6. The van der Waals surface area contributed by atoms with Crippen molar-refractivity contribution < 1.29 is 4.74 Å². The molecule has 0 amide bonds. The second-order valence-electron chi connectivity index (χ2n) is 15.2. The van der Waals surface area contributed by atoms with Crippen LogP contribution in [-0.4, -0.2) is 26.5 Å². The van der Waals surface area contributed by atoms with Gasteiger partial charge in [0, 0.05) is 39.4 Å². The van der Waals surface area contributed by atoms with Gasteiger partial charge >= 0.3 is 0 Å². The average molecular weight is 775 g/mol. The van der Waals surface area contributed by atoms with Crippen LogP contribution >= 0.6 is 0 Å². The van der Waals surface area contributed by atoms with Crippen LogP contribution in [0.2, 0.25) is 0 Å². The molecule has 0 saturated heterocycles. The molecule has 2 aromatic heterocycles. The molecule has 0 radical (unpaired) electrons. The van der Waals surface area contributed by atoms with Gasteiger partial charge in [-0.2, -0.15) is 0 Å². The van der Waals surface area contributed by atoms with Crippen LogP contribution in [0.4, 0.5) is 0 Å². The van der Waals surface area contributed by atoms with E-state index in [0.29, 0.717) is 24.1 Å². The summed E-state index contributed by atoms with van der Waals surface area (Å²) in [4.78, 5) is 19.8. The maximum absolute atomic E-state index is 6.50. The third-order valence-electron chi connectivity index (χ3n) is 11.8. The SMILES string of the molecule is CC=C1OC/C=C\C=C/CC2(C1=CC)c1ccc(-c3cccc(-c4nc(-c5ccccc5)nc(-c5ccccc5)n4)c3)cc1-c1cc(-c3cccc4cccnc34)ccc12. The molecule has 0 fully saturated rings. The number of hydrogen-bond acceptors (Lipinski definition) is 5. The first-order valence-electron chi connectivity index (χ1n) is 20.5. The maximum Gasteiger partial charge on any atom is 0.164 e. The molecule has 2 aliphatic rings. The van der Waals surface area contributed by atoms with Gasteiger partial charge < -0.3 is 4.74 Å². The predicted octanol–water partition coefficient (Wildman–Crippen LogP) is 13.4. The van der Waals surface area contributed by atoms with Crippen molar-refractivity contribution in [3.05, 3.63) is 217 Å². The van der Waals surface area contributed by atoms with Gasteiger partial charge in [-0.3, -0.25) is 4.98 Å². The van der Waals surface area contributed by atoms with Crippen LogP contribution in [0.25, 0.3) is 78.4 Å². The summed E-state index contributed by atoms with van der Waals surface area (Å²) >= 11 is 0. The summed E-state index contributed by atoms with van der Waals surface area (Å²) in [6, 6.07) is 53.3. The lowest BCUT2D eigenvalue weighted by Gasteiger charge is -2.35. The van der Waals surface area contributed by atoms with Crippen molar-refractivity contribution in [1.29, 1.82) is 0 Å². The number of nitrogens with zero attached hydrogens (tertiary/aromatic N) is 4. The normalized spacial score (nSPS) is 18.2. The molecule has 1 unspecified atom stereocenters. The molecule has 10 rings (SSSR count). The van der Waals surface area contributed by atoms with Crippen molar-refractivity contribution in [3.63, 3.8) is 0 Å². The van der Waals surface area contributed by atoms with E-state index in [9.17, 15) is 0 Å². The van der Waals surface area contributed by atoms with E-state index in [1.807, 2.05) is 72.9 Å². The Morgan fingerprint density at radius 3 is 1.78 bits per heavy atom. The fraction of sp³-hybridized carbons (Fsp3) is 0.0909. The standard InChI is InChI=1S/C55H42N4O/c1-3-47-50(4-2)60-33-14-6-5-13-31-55(47)48-29-27-41(35-45(48)46-36-42(28-30-49(46)55)44-26-16-22-37-25-17-32-56-51(37)44)40-23-15-24-43(34-40)54-58-52(38-18-9-7-10-19-38)57-53(59-54)39-20-11-8-12-21-39/h3-30,32,34-36H,31,33H2,1-2H3/b13-5-,14-6-,47-3?,50-4?.